The molecule has 0 aromatic heterocycles. The minimum atomic E-state index is -2.27. The minimum absolute atomic E-state index is 0.0215. The number of hydrogen-bond acceptors (Lipinski definition) is 5. The van der Waals surface area contributed by atoms with E-state index < -0.39 is 48.4 Å². The number of carbonyl (C=O) groups is 3. The van der Waals surface area contributed by atoms with Gasteiger partial charge in [0.05, 0.1) is 18.9 Å². The lowest BCUT2D eigenvalue weighted by molar-refractivity contribution is -0.152. The second-order valence-electron chi connectivity index (χ2n) is 10.5. The van der Waals surface area contributed by atoms with Crippen LogP contribution in [-0.4, -0.2) is 56.5 Å². The van der Waals surface area contributed by atoms with Gasteiger partial charge >= 0.3 is 11.9 Å². The predicted octanol–water partition coefficient (Wildman–Crippen LogP) is 6.06. The molecule has 3 unspecified atom stereocenters. The number of hydrogen-bond donors (Lipinski definition) is 5. The van der Waals surface area contributed by atoms with Gasteiger partial charge < -0.3 is 25.7 Å². The molecule has 0 spiro atoms. The van der Waals surface area contributed by atoms with Crippen LogP contribution in [0.2, 0.25) is 0 Å². The van der Waals surface area contributed by atoms with Crippen LogP contribution in [0.1, 0.15) is 102 Å². The predicted molar refractivity (Wildman–Crippen MR) is 164 cm³/mol. The van der Waals surface area contributed by atoms with Crippen molar-refractivity contribution < 1.29 is 34.8 Å². The maximum Gasteiger partial charge on any atom is 0.326 e. The van der Waals surface area contributed by atoms with Gasteiger partial charge in [0.25, 0.3) is 0 Å². The van der Waals surface area contributed by atoms with E-state index in [1.54, 1.807) is 36.4 Å². The van der Waals surface area contributed by atoms with Crippen molar-refractivity contribution in [2.24, 2.45) is 5.92 Å². The van der Waals surface area contributed by atoms with Crippen molar-refractivity contribution in [3.05, 3.63) is 61.2 Å². The first-order valence-corrected chi connectivity index (χ1v) is 15.0. The fraction of sp³-hybridized carbons (Fsp3) is 0.606. The van der Waals surface area contributed by atoms with Gasteiger partial charge in [-0.1, -0.05) is 120 Å². The van der Waals surface area contributed by atoms with Gasteiger partial charge in [-0.15, -0.1) is 13.2 Å². The Labute approximate surface area is 246 Å². The first kappa shape index (κ1) is 38.0. The number of amides is 1. The van der Waals surface area contributed by atoms with Gasteiger partial charge in [-0.05, 0) is 18.4 Å². The summed E-state index contributed by atoms with van der Waals surface area (Å²) in [6, 6.07) is 7.51. The number of nitrogens with one attached hydrogen (secondary N) is 1. The third-order valence-corrected chi connectivity index (χ3v) is 7.04. The number of allylic oxidation sites excluding steroid dienone is 1. The van der Waals surface area contributed by atoms with Crippen LogP contribution >= 0.6 is 0 Å². The van der Waals surface area contributed by atoms with Gasteiger partial charge in [0, 0.05) is 6.42 Å². The Morgan fingerprint density at radius 1 is 0.878 bits per heavy atom. The molecule has 0 fully saturated rings. The molecule has 41 heavy (non-hydrogen) atoms. The molecule has 0 saturated heterocycles. The summed E-state index contributed by atoms with van der Waals surface area (Å²) in [7, 11) is 0. The maximum atomic E-state index is 13.1. The molecule has 0 aliphatic heterocycles. The molecule has 0 aliphatic carbocycles. The van der Waals surface area contributed by atoms with Crippen molar-refractivity contribution in [2.45, 2.75) is 115 Å². The molecule has 8 heteroatoms. The van der Waals surface area contributed by atoms with Crippen LogP contribution in [0.25, 0.3) is 0 Å². The number of carboxylic acid groups (broad SMARTS) is 2. The highest BCUT2D eigenvalue weighted by atomic mass is 16.4. The van der Waals surface area contributed by atoms with E-state index in [9.17, 15) is 34.8 Å². The molecule has 5 N–H and O–H groups in total. The van der Waals surface area contributed by atoms with Crippen LogP contribution in [0, 0.1) is 5.92 Å². The summed E-state index contributed by atoms with van der Waals surface area (Å²) < 4.78 is 0. The number of carbonyl (C=O) groups excluding carboxylic acids is 1. The van der Waals surface area contributed by atoms with E-state index in [4.69, 9.17) is 0 Å². The molecular weight excluding hydrogens is 522 g/mol. The average Bonchev–Trinajstić information content (AvgIpc) is 2.95. The molecule has 1 aromatic rings. The topological polar surface area (TPSA) is 144 Å². The maximum absolute atomic E-state index is 13.1. The molecule has 8 nitrogen and oxygen atoms in total. The van der Waals surface area contributed by atoms with Crippen LogP contribution in [0.3, 0.4) is 0 Å². The largest absolute Gasteiger partial charge is 0.481 e. The first-order chi connectivity index (χ1) is 19.7. The number of aliphatic carboxylic acids is 2. The van der Waals surface area contributed by atoms with Gasteiger partial charge in [0.1, 0.15) is 11.6 Å². The van der Waals surface area contributed by atoms with Crippen molar-refractivity contribution >= 4 is 17.8 Å². The molecule has 1 aromatic carbocycles. The molecule has 0 bridgehead atoms. The third kappa shape index (κ3) is 17.4. The molecule has 1 amide bonds. The number of carboxylic acids is 2. The fourth-order valence-electron chi connectivity index (χ4n) is 4.68. The molecule has 3 atom stereocenters. The zero-order valence-electron chi connectivity index (χ0n) is 24.9. The van der Waals surface area contributed by atoms with Crippen LogP contribution in [0.15, 0.2) is 55.6 Å². The lowest BCUT2D eigenvalue weighted by Gasteiger charge is -2.31. The Morgan fingerprint density at radius 2 is 1.39 bits per heavy atom. The Kier molecular flexibility index (Phi) is 22.0. The van der Waals surface area contributed by atoms with Gasteiger partial charge in [-0.2, -0.15) is 0 Å². The Bertz CT molecular complexity index is 874. The lowest BCUT2D eigenvalue weighted by atomic mass is 9.83. The fourth-order valence-corrected chi connectivity index (χ4v) is 4.68. The summed E-state index contributed by atoms with van der Waals surface area (Å²) in [5.41, 5.74) is -1.56. The second-order valence-corrected chi connectivity index (χ2v) is 10.5. The first-order valence-electron chi connectivity index (χ1n) is 15.0. The average molecular weight is 576 g/mol. The lowest BCUT2D eigenvalue weighted by Crippen LogP contribution is -2.53. The third-order valence-electron chi connectivity index (χ3n) is 7.04. The zero-order valence-corrected chi connectivity index (χ0v) is 24.9. The smallest absolute Gasteiger partial charge is 0.326 e. The molecule has 0 radical (unpaired) electrons. The number of benzene rings is 1. The number of rotatable bonds is 23. The normalized spacial score (nSPS) is 13.9. The van der Waals surface area contributed by atoms with E-state index in [1.165, 1.54) is 63.9 Å². The van der Waals surface area contributed by atoms with Crippen LogP contribution in [-0.2, 0) is 20.8 Å². The highest BCUT2D eigenvalue weighted by molar-refractivity contribution is 5.87. The zero-order chi connectivity index (χ0) is 30.9. The van der Waals surface area contributed by atoms with Crippen LogP contribution < -0.4 is 5.32 Å². The molecule has 1 rings (SSSR count). The van der Waals surface area contributed by atoms with Gasteiger partial charge in [-0.3, -0.25) is 9.59 Å². The van der Waals surface area contributed by atoms with E-state index in [1.807, 2.05) is 0 Å². The number of aliphatic hydroxyl groups excluding tert-OH is 1. The molecule has 0 heterocycles. The van der Waals surface area contributed by atoms with E-state index >= 15 is 0 Å². The molecular formula is C33H53NO7. The summed E-state index contributed by atoms with van der Waals surface area (Å²) in [6.45, 7) is 7.26. The van der Waals surface area contributed by atoms with Crippen molar-refractivity contribution in [1.82, 2.24) is 5.32 Å². The van der Waals surface area contributed by atoms with E-state index in [-0.39, 0.29) is 6.42 Å². The standard InChI is InChI=1S/C31H49NO7.C2H4/c1-2-3-4-5-6-7-8-9-10-11-12-13-14-18-21-26(31(39,24-33)23-28(34)35)29(36)32-27(30(37)38)22-25-19-16-15-17-20-25;1-2/h15-21,26-27,33,39H,2-14,22-24H2,1H3,(H,32,36)(H,34,35)(H,37,38);1-2H2/b21-18+;. The number of aliphatic hydroxyl groups is 2. The van der Waals surface area contributed by atoms with Crippen molar-refractivity contribution in [1.29, 1.82) is 0 Å². The van der Waals surface area contributed by atoms with Crippen LogP contribution in [0.4, 0.5) is 0 Å². The summed E-state index contributed by atoms with van der Waals surface area (Å²) in [6.07, 6.45) is 17.5. The quantitative estimate of drug-likeness (QED) is 0.0788. The Morgan fingerprint density at radius 3 is 1.85 bits per heavy atom. The molecule has 0 saturated carbocycles. The second kappa shape index (κ2) is 23.7. The molecule has 232 valence electrons. The highest BCUT2D eigenvalue weighted by Crippen LogP contribution is 2.25. The monoisotopic (exact) mass is 575 g/mol. The van der Waals surface area contributed by atoms with Gasteiger partial charge in [0.15, 0.2) is 0 Å². The van der Waals surface area contributed by atoms with Crippen molar-refractivity contribution in [2.75, 3.05) is 6.61 Å². The van der Waals surface area contributed by atoms with Gasteiger partial charge in [0.2, 0.25) is 5.91 Å². The summed E-state index contributed by atoms with van der Waals surface area (Å²) in [4.78, 5) is 36.3. The SMILES string of the molecule is C=C.CCCCCCCCCCCCCC/C=C/C(C(=O)NC(Cc1ccccc1)C(=O)O)C(O)(CO)CC(=O)O. The van der Waals surface area contributed by atoms with E-state index in [0.29, 0.717) is 12.0 Å². The van der Waals surface area contributed by atoms with Gasteiger partial charge in [-0.25, -0.2) is 4.79 Å². The minimum Gasteiger partial charge on any atom is -0.481 e. The van der Waals surface area contributed by atoms with Crippen molar-refractivity contribution in [3.8, 4) is 0 Å². The number of unbranched alkanes of at least 4 members (excludes halogenated alkanes) is 12. The Balaban J connectivity index is 0.00000781. The molecule has 0 aliphatic rings. The van der Waals surface area contributed by atoms with Crippen LogP contribution in [0.5, 0.6) is 0 Å². The van der Waals surface area contributed by atoms with E-state index in [2.05, 4.69) is 25.4 Å². The summed E-state index contributed by atoms with van der Waals surface area (Å²) in [5, 5.41) is 42.0. The summed E-state index contributed by atoms with van der Waals surface area (Å²) >= 11 is 0. The van der Waals surface area contributed by atoms with Crippen molar-refractivity contribution in [3.63, 3.8) is 0 Å². The Hall–Kier alpha value is -2.97. The highest BCUT2D eigenvalue weighted by Gasteiger charge is 2.42. The summed E-state index contributed by atoms with van der Waals surface area (Å²) in [5.74, 6) is -4.90. The van der Waals surface area contributed by atoms with E-state index in [0.717, 1.165) is 19.3 Å².